The van der Waals surface area contributed by atoms with Crippen molar-refractivity contribution in [3.05, 3.63) is 0 Å². The van der Waals surface area contributed by atoms with Crippen molar-refractivity contribution in [3.8, 4) is 0 Å². The third kappa shape index (κ3) is 4.24. The second-order valence-electron chi connectivity index (χ2n) is 2.63. The van der Waals surface area contributed by atoms with Crippen LogP contribution >= 0.6 is 0 Å². The Morgan fingerprint density at radius 3 is 1.80 bits per heavy atom. The van der Waals surface area contributed by atoms with Crippen LogP contribution in [0.1, 0.15) is 6.92 Å². The van der Waals surface area contributed by atoms with E-state index < -0.39 is 34.3 Å². The van der Waals surface area contributed by atoms with Crippen molar-refractivity contribution in [1.29, 1.82) is 0 Å². The van der Waals surface area contributed by atoms with Crippen molar-refractivity contribution in [3.63, 3.8) is 0 Å². The van der Waals surface area contributed by atoms with Gasteiger partial charge in [0.1, 0.15) is 0 Å². The molecular weight excluding hydrogens is 254 g/mol. The minimum absolute atomic E-state index is 0.506. The molecule has 0 fully saturated rings. The van der Waals surface area contributed by atoms with Crippen LogP contribution in [0.3, 0.4) is 0 Å². The first kappa shape index (κ1) is 14.5. The zero-order valence-electron chi connectivity index (χ0n) is 7.19. The summed E-state index contributed by atoms with van der Waals surface area (Å²) in [5.74, 6) is -2.30. The molecule has 0 aliphatic carbocycles. The van der Waals surface area contributed by atoms with Gasteiger partial charge in [-0.3, -0.25) is 4.18 Å². The predicted molar refractivity (Wildman–Crippen MR) is 36.1 cm³/mol. The molecule has 0 aliphatic rings. The molecule has 0 amide bonds. The van der Waals surface area contributed by atoms with Crippen LogP contribution in [0.4, 0.5) is 26.3 Å². The molecular formula is C5H6F6O3S. The van der Waals surface area contributed by atoms with Gasteiger partial charge in [-0.2, -0.15) is 34.8 Å². The van der Waals surface area contributed by atoms with Gasteiger partial charge in [-0.05, 0) is 0 Å². The fraction of sp³-hybridized carbons (Fsp3) is 1.00. The van der Waals surface area contributed by atoms with Crippen LogP contribution in [0, 0.1) is 5.92 Å². The minimum atomic E-state index is -5.95. The van der Waals surface area contributed by atoms with Gasteiger partial charge >= 0.3 is 21.8 Å². The topological polar surface area (TPSA) is 43.4 Å². The Balaban J connectivity index is 4.43. The maximum absolute atomic E-state index is 11.8. The highest BCUT2D eigenvalue weighted by molar-refractivity contribution is 7.87. The normalized spacial score (nSPS) is 16.5. The quantitative estimate of drug-likeness (QED) is 0.443. The van der Waals surface area contributed by atoms with Crippen LogP contribution in [0.5, 0.6) is 0 Å². The second-order valence-corrected chi connectivity index (χ2v) is 4.23. The fourth-order valence-electron chi connectivity index (χ4n) is 0.353. The van der Waals surface area contributed by atoms with E-state index in [1.54, 1.807) is 0 Å². The molecule has 0 rings (SSSR count). The summed E-state index contributed by atoms with van der Waals surface area (Å²) < 4.78 is 93.6. The van der Waals surface area contributed by atoms with E-state index in [1.807, 2.05) is 0 Å². The Morgan fingerprint density at radius 1 is 1.13 bits per heavy atom. The summed E-state index contributed by atoms with van der Waals surface area (Å²) in [6.07, 6.45) is -4.80. The molecule has 0 N–H and O–H groups in total. The van der Waals surface area contributed by atoms with Gasteiger partial charge in [0, 0.05) is 0 Å². The Morgan fingerprint density at radius 2 is 1.53 bits per heavy atom. The van der Waals surface area contributed by atoms with E-state index in [0.29, 0.717) is 6.92 Å². The molecule has 10 heteroatoms. The molecule has 15 heavy (non-hydrogen) atoms. The molecule has 92 valence electrons. The number of hydrogen-bond acceptors (Lipinski definition) is 3. The molecule has 0 aromatic heterocycles. The summed E-state index contributed by atoms with van der Waals surface area (Å²) >= 11 is 0. The Hall–Kier alpha value is -0.510. The highest BCUT2D eigenvalue weighted by atomic mass is 32.2. The van der Waals surface area contributed by atoms with Gasteiger partial charge in [-0.25, -0.2) is 0 Å². The van der Waals surface area contributed by atoms with Gasteiger partial charge in [0.25, 0.3) is 0 Å². The summed E-state index contributed by atoms with van der Waals surface area (Å²) in [5.41, 5.74) is -5.71. The lowest BCUT2D eigenvalue weighted by Crippen LogP contribution is -2.31. The molecule has 0 aliphatic heterocycles. The average molecular weight is 260 g/mol. The highest BCUT2D eigenvalue weighted by Gasteiger charge is 2.48. The molecule has 0 saturated heterocycles. The fourth-order valence-corrected chi connectivity index (χ4v) is 0.870. The Bertz CT molecular complexity index is 302. The first-order valence-electron chi connectivity index (χ1n) is 3.40. The van der Waals surface area contributed by atoms with E-state index >= 15 is 0 Å². The van der Waals surface area contributed by atoms with Crippen molar-refractivity contribution >= 4 is 10.1 Å². The average Bonchev–Trinajstić information content (AvgIpc) is 1.96. The van der Waals surface area contributed by atoms with Gasteiger partial charge < -0.3 is 0 Å². The second kappa shape index (κ2) is 4.16. The summed E-state index contributed by atoms with van der Waals surface area (Å²) in [6, 6.07) is 0. The highest BCUT2D eigenvalue weighted by Crippen LogP contribution is 2.29. The zero-order chi connectivity index (χ0) is 12.5. The van der Waals surface area contributed by atoms with Crippen LogP contribution in [-0.2, 0) is 14.3 Å². The standard InChI is InChI=1S/C5H6F6O3S/c1-3(4(6,7)8)2-14-15(12,13)5(9,10)11/h3H,2H2,1H3. The van der Waals surface area contributed by atoms with E-state index in [4.69, 9.17) is 0 Å². The lowest BCUT2D eigenvalue weighted by Gasteiger charge is -2.15. The first-order valence-corrected chi connectivity index (χ1v) is 4.81. The van der Waals surface area contributed by atoms with Crippen molar-refractivity contribution in [2.45, 2.75) is 18.6 Å². The third-order valence-corrected chi connectivity index (χ3v) is 2.33. The number of rotatable bonds is 3. The molecule has 1 unspecified atom stereocenters. The monoisotopic (exact) mass is 260 g/mol. The van der Waals surface area contributed by atoms with Crippen molar-refractivity contribution in [1.82, 2.24) is 0 Å². The zero-order valence-corrected chi connectivity index (χ0v) is 8.00. The SMILES string of the molecule is CC(COS(=O)(=O)C(F)(F)F)C(F)(F)F. The molecule has 0 aromatic rings. The summed E-state index contributed by atoms with van der Waals surface area (Å²) in [7, 11) is -5.95. The summed E-state index contributed by atoms with van der Waals surface area (Å²) in [4.78, 5) is 0. The van der Waals surface area contributed by atoms with Crippen molar-refractivity contribution < 1.29 is 38.9 Å². The summed E-state index contributed by atoms with van der Waals surface area (Å²) in [5, 5.41) is 0. The number of alkyl halides is 6. The van der Waals surface area contributed by atoms with Gasteiger partial charge in [0.2, 0.25) is 0 Å². The smallest absolute Gasteiger partial charge is 0.263 e. The van der Waals surface area contributed by atoms with E-state index in [2.05, 4.69) is 4.18 Å². The number of halogens is 6. The predicted octanol–water partition coefficient (Wildman–Crippen LogP) is 2.05. The van der Waals surface area contributed by atoms with E-state index in [0.717, 1.165) is 0 Å². The maximum Gasteiger partial charge on any atom is 0.523 e. The number of hydrogen-bond donors (Lipinski definition) is 0. The van der Waals surface area contributed by atoms with Crippen LogP contribution < -0.4 is 0 Å². The Labute approximate surface area is 81.1 Å². The Kier molecular flexibility index (Phi) is 4.02. The summed E-state index contributed by atoms with van der Waals surface area (Å²) in [6.45, 7) is -1.09. The minimum Gasteiger partial charge on any atom is -0.263 e. The molecule has 0 bridgehead atoms. The van der Waals surface area contributed by atoms with Crippen molar-refractivity contribution in [2.75, 3.05) is 6.61 Å². The maximum atomic E-state index is 11.8. The first-order chi connectivity index (χ1) is 6.38. The molecule has 0 radical (unpaired) electrons. The van der Waals surface area contributed by atoms with Gasteiger partial charge in [0.15, 0.2) is 0 Å². The largest absolute Gasteiger partial charge is 0.523 e. The molecule has 3 nitrogen and oxygen atoms in total. The van der Waals surface area contributed by atoms with E-state index in [9.17, 15) is 34.8 Å². The van der Waals surface area contributed by atoms with Crippen LogP contribution in [-0.4, -0.2) is 26.7 Å². The lowest BCUT2D eigenvalue weighted by atomic mass is 10.2. The molecule has 0 saturated carbocycles. The molecule has 0 aromatic carbocycles. The van der Waals surface area contributed by atoms with Gasteiger partial charge in [-0.15, -0.1) is 0 Å². The van der Waals surface area contributed by atoms with Gasteiger partial charge in [-0.1, -0.05) is 6.92 Å². The molecule has 1 atom stereocenters. The van der Waals surface area contributed by atoms with Crippen LogP contribution in [0.25, 0.3) is 0 Å². The third-order valence-electron chi connectivity index (χ3n) is 1.32. The van der Waals surface area contributed by atoms with Crippen molar-refractivity contribution in [2.24, 2.45) is 5.92 Å². The lowest BCUT2D eigenvalue weighted by molar-refractivity contribution is -0.177. The van der Waals surface area contributed by atoms with Gasteiger partial charge in [0.05, 0.1) is 12.5 Å². The molecule has 0 heterocycles. The van der Waals surface area contributed by atoms with Crippen LogP contribution in [0.15, 0.2) is 0 Å². The van der Waals surface area contributed by atoms with E-state index in [-0.39, 0.29) is 0 Å². The molecule has 0 spiro atoms. The van der Waals surface area contributed by atoms with Crippen LogP contribution in [0.2, 0.25) is 0 Å². The van der Waals surface area contributed by atoms with E-state index in [1.165, 1.54) is 0 Å².